The summed E-state index contributed by atoms with van der Waals surface area (Å²) in [5, 5.41) is 10.9. The minimum atomic E-state index is -0.498. The molecule has 0 aliphatic rings. The van der Waals surface area contributed by atoms with Crippen molar-refractivity contribution < 1.29 is 36.7 Å². The van der Waals surface area contributed by atoms with E-state index in [4.69, 9.17) is 29.9 Å². The highest BCUT2D eigenvalue weighted by Gasteiger charge is 2.22. The number of rotatable bonds is 15. The molecule has 0 unspecified atom stereocenters. The number of aromatic nitrogens is 6. The Hall–Kier alpha value is -7.23. The van der Waals surface area contributed by atoms with E-state index in [1.807, 2.05) is 6.07 Å². The van der Waals surface area contributed by atoms with Crippen molar-refractivity contribution in [2.24, 2.45) is 0 Å². The number of para-hydroxylation sites is 2. The molecule has 4 aromatic heterocycles. The van der Waals surface area contributed by atoms with Crippen LogP contribution in [0.4, 0.5) is 8.78 Å². The second-order valence-electron chi connectivity index (χ2n) is 14.2. The number of hydrogen-bond donors (Lipinski definition) is 1. The molecule has 0 fully saturated rings. The van der Waals surface area contributed by atoms with E-state index in [9.17, 15) is 18.4 Å². The summed E-state index contributed by atoms with van der Waals surface area (Å²) in [6, 6.07) is 33.6. The van der Waals surface area contributed by atoms with Crippen molar-refractivity contribution in [1.82, 2.24) is 34.8 Å². The monoisotopic (exact) mass is 919 g/mol. The molecule has 4 heterocycles. The highest BCUT2D eigenvalue weighted by Crippen LogP contribution is 2.23. The first kappa shape index (κ1) is 49.8. The molecule has 0 saturated carbocycles. The number of furan rings is 2. The van der Waals surface area contributed by atoms with Gasteiger partial charge in [0.1, 0.15) is 34.8 Å². The Morgan fingerprint density at radius 1 is 0.636 bits per heavy atom. The fourth-order valence-electron chi connectivity index (χ4n) is 6.34. The molecule has 0 amide bonds. The molecule has 0 aliphatic heterocycles. The highest BCUT2D eigenvalue weighted by molar-refractivity contribution is 6.68. The van der Waals surface area contributed by atoms with Crippen molar-refractivity contribution in [2.45, 2.75) is 46.5 Å². The van der Waals surface area contributed by atoms with Crippen LogP contribution >= 0.6 is 11.6 Å². The van der Waals surface area contributed by atoms with Gasteiger partial charge >= 0.3 is 0 Å². The van der Waals surface area contributed by atoms with Crippen LogP contribution in [0.5, 0.6) is 11.5 Å². The number of nitrogens with one attached hydrogen (secondary N) is 1. The van der Waals surface area contributed by atoms with Crippen LogP contribution in [-0.2, 0) is 25.7 Å². The van der Waals surface area contributed by atoms with Crippen LogP contribution in [0.25, 0.3) is 23.2 Å². The highest BCUT2D eigenvalue weighted by atomic mass is 35.5. The third-order valence-corrected chi connectivity index (χ3v) is 10.2. The van der Waals surface area contributed by atoms with Gasteiger partial charge in [-0.25, -0.2) is 18.7 Å². The SMILES string of the molecule is CCN(CC)CC.COc1ccccc1C(=O)Cl.COc1ccccc1C(=O)n1nc(-c2ccco2)nc1CCc1ccc(F)cc1.Fc1ccc(CCc2nc(-c3ccco3)n[nH]2)cc1. The average Bonchev–Trinajstić information content (AvgIpc) is 4.21. The first-order valence-electron chi connectivity index (χ1n) is 21.2. The summed E-state index contributed by atoms with van der Waals surface area (Å²) >= 11 is 5.27. The second kappa shape index (κ2) is 25.9. The Bertz CT molecular complexity index is 2660. The van der Waals surface area contributed by atoms with Crippen LogP contribution in [0.2, 0.25) is 0 Å². The molecule has 0 spiro atoms. The lowest BCUT2D eigenvalue weighted by Gasteiger charge is -2.13. The van der Waals surface area contributed by atoms with Crippen molar-refractivity contribution in [2.75, 3.05) is 33.9 Å². The summed E-state index contributed by atoms with van der Waals surface area (Å²) in [5.41, 5.74) is 2.79. The largest absolute Gasteiger partial charge is 0.496 e. The van der Waals surface area contributed by atoms with Gasteiger partial charge in [-0.3, -0.25) is 14.7 Å². The lowest BCUT2D eigenvalue weighted by molar-refractivity contribution is 0.0937. The Kier molecular flexibility index (Phi) is 19.5. The van der Waals surface area contributed by atoms with Crippen LogP contribution < -0.4 is 9.47 Å². The van der Waals surface area contributed by atoms with Gasteiger partial charge in [0.25, 0.3) is 11.1 Å². The predicted molar refractivity (Wildman–Crippen MR) is 249 cm³/mol. The number of halogens is 3. The smallest absolute Gasteiger partial charge is 0.283 e. The summed E-state index contributed by atoms with van der Waals surface area (Å²) in [4.78, 5) is 35.1. The van der Waals surface area contributed by atoms with Crippen LogP contribution in [-0.4, -0.2) is 79.8 Å². The number of benzene rings is 4. The van der Waals surface area contributed by atoms with Gasteiger partial charge in [0.05, 0.1) is 37.9 Å². The summed E-state index contributed by atoms with van der Waals surface area (Å²) in [6.07, 6.45) is 5.64. The quantitative estimate of drug-likeness (QED) is 0.0977. The van der Waals surface area contributed by atoms with Crippen molar-refractivity contribution in [3.05, 3.63) is 179 Å². The van der Waals surface area contributed by atoms with Crippen molar-refractivity contribution in [1.29, 1.82) is 0 Å². The third-order valence-electron chi connectivity index (χ3n) is 9.99. The van der Waals surface area contributed by atoms with Crippen LogP contribution in [0.1, 0.15) is 64.3 Å². The fraction of sp³-hybridized carbons (Fsp3) is 0.240. The number of aromatic amines is 1. The molecular weight excluding hydrogens is 868 g/mol. The number of carbonyl (C=O) groups excluding carboxylic acids is 2. The third kappa shape index (κ3) is 14.7. The van der Waals surface area contributed by atoms with Crippen LogP contribution in [0.3, 0.4) is 0 Å². The molecule has 8 aromatic rings. The molecule has 0 atom stereocenters. The maximum atomic E-state index is 13.2. The van der Waals surface area contributed by atoms with Crippen molar-refractivity contribution in [3.8, 4) is 34.7 Å². The Morgan fingerprint density at radius 3 is 1.61 bits per heavy atom. The van der Waals surface area contributed by atoms with Gasteiger partial charge in [-0.2, -0.15) is 9.78 Å². The Labute approximate surface area is 387 Å². The average molecular weight is 920 g/mol. The molecule has 344 valence electrons. The maximum Gasteiger partial charge on any atom is 0.283 e. The molecule has 0 radical (unpaired) electrons. The number of H-pyrrole nitrogens is 1. The molecule has 1 N–H and O–H groups in total. The van der Waals surface area contributed by atoms with Crippen LogP contribution in [0, 0.1) is 11.6 Å². The zero-order chi connectivity index (χ0) is 47.3. The summed E-state index contributed by atoms with van der Waals surface area (Å²) in [6.45, 7) is 10.1. The van der Waals surface area contributed by atoms with E-state index in [0.29, 0.717) is 64.5 Å². The number of hydrogen-bond acceptors (Lipinski definition) is 11. The number of ether oxygens (including phenoxy) is 2. The van der Waals surface area contributed by atoms with E-state index in [-0.39, 0.29) is 17.5 Å². The van der Waals surface area contributed by atoms with Gasteiger partial charge in [-0.1, -0.05) is 69.3 Å². The normalized spacial score (nSPS) is 10.5. The van der Waals surface area contributed by atoms with E-state index in [0.717, 1.165) is 29.8 Å². The van der Waals surface area contributed by atoms with Gasteiger partial charge in [-0.15, -0.1) is 5.10 Å². The van der Waals surface area contributed by atoms with E-state index in [1.54, 1.807) is 97.3 Å². The molecule has 66 heavy (non-hydrogen) atoms. The minimum Gasteiger partial charge on any atom is -0.496 e. The Balaban J connectivity index is 0.000000188. The number of methoxy groups -OCH3 is 2. The van der Waals surface area contributed by atoms with Crippen molar-refractivity contribution >= 4 is 22.8 Å². The topological polar surface area (TPSA) is 154 Å². The Morgan fingerprint density at radius 2 is 1.14 bits per heavy atom. The van der Waals surface area contributed by atoms with E-state index in [1.165, 1.54) is 69.1 Å². The number of aryl methyl sites for hydroxylation is 4. The standard InChI is InChI=1S/C22H18FN3O3.C14H12FN3O.C8H7ClO2.C6H15N/c1-28-18-6-3-2-5-17(18)22(27)26-20(13-10-15-8-11-16(23)12-9-15)24-21(25-26)19-7-4-14-29-19;15-11-6-3-10(4-7-11)5-8-13-16-14(18-17-13)12-2-1-9-19-12;1-11-7-5-3-2-4-6(7)8(9)10;1-4-7(5-2)6-3/h2-9,11-12,14H,10,13H2,1H3;1-4,6-7,9H,5,8H2,(H,16,17,18);2-5H,1H3;4-6H2,1-3H3. The molecule has 13 nitrogen and oxygen atoms in total. The number of nitrogens with zero attached hydrogens (tertiary/aromatic N) is 6. The van der Waals surface area contributed by atoms with E-state index < -0.39 is 5.24 Å². The molecule has 4 aromatic carbocycles. The molecular formula is C50H52ClF2N7O6. The van der Waals surface area contributed by atoms with Gasteiger partial charge in [0.2, 0.25) is 11.6 Å². The zero-order valence-electron chi connectivity index (χ0n) is 37.4. The predicted octanol–water partition coefficient (Wildman–Crippen LogP) is 10.6. The lowest BCUT2D eigenvalue weighted by atomic mass is 10.1. The van der Waals surface area contributed by atoms with Crippen LogP contribution in [0.15, 0.2) is 143 Å². The first-order chi connectivity index (χ1) is 32.1. The zero-order valence-corrected chi connectivity index (χ0v) is 38.2. The van der Waals surface area contributed by atoms with E-state index >= 15 is 0 Å². The molecule has 0 bridgehead atoms. The lowest BCUT2D eigenvalue weighted by Crippen LogP contribution is -2.21. The van der Waals surface area contributed by atoms with Gasteiger partial charge in [-0.05, 0) is 128 Å². The molecule has 0 saturated heterocycles. The summed E-state index contributed by atoms with van der Waals surface area (Å²) in [5.74, 6) is 3.38. The molecule has 8 rings (SSSR count). The maximum absolute atomic E-state index is 13.2. The van der Waals surface area contributed by atoms with E-state index in [2.05, 4.69) is 50.9 Å². The summed E-state index contributed by atoms with van der Waals surface area (Å²) < 4.78 is 48.0. The number of carbonyl (C=O) groups is 2. The summed E-state index contributed by atoms with van der Waals surface area (Å²) in [7, 11) is 3.01. The van der Waals surface area contributed by atoms with Gasteiger partial charge in [0, 0.05) is 12.8 Å². The van der Waals surface area contributed by atoms with Gasteiger partial charge < -0.3 is 23.2 Å². The molecule has 16 heteroatoms. The fourth-order valence-corrected chi connectivity index (χ4v) is 6.49. The van der Waals surface area contributed by atoms with Crippen molar-refractivity contribution in [3.63, 3.8) is 0 Å². The first-order valence-corrected chi connectivity index (χ1v) is 21.6. The molecule has 0 aliphatic carbocycles. The minimum absolute atomic E-state index is 0.219. The van der Waals surface area contributed by atoms with Gasteiger partial charge in [0.15, 0.2) is 11.5 Å². The second-order valence-corrected chi connectivity index (χ2v) is 14.5.